The fourth-order valence-corrected chi connectivity index (χ4v) is 7.62. The molecule has 2 fully saturated rings. The summed E-state index contributed by atoms with van der Waals surface area (Å²) in [6, 6.07) is 16.3. The highest BCUT2D eigenvalue weighted by molar-refractivity contribution is 7.92. The zero-order chi connectivity index (χ0) is 31.0. The fraction of sp³-hybridized carbons (Fsp3) is 0.387. The molecule has 2 aromatic carbocycles. The number of nitrogens with zero attached hydrogens (tertiary/aromatic N) is 4. The third kappa shape index (κ3) is 6.00. The Balaban J connectivity index is 1.30. The second-order valence-corrected chi connectivity index (χ2v) is 13.5. The van der Waals surface area contributed by atoms with Crippen molar-refractivity contribution in [3.63, 3.8) is 0 Å². The van der Waals surface area contributed by atoms with E-state index in [0.717, 1.165) is 12.1 Å². The highest BCUT2D eigenvalue weighted by Gasteiger charge is 2.36. The minimum absolute atomic E-state index is 0.00646. The summed E-state index contributed by atoms with van der Waals surface area (Å²) in [5, 5.41) is 0.416. The number of sulfonamides is 1. The van der Waals surface area contributed by atoms with Crippen LogP contribution in [0, 0.1) is 5.92 Å². The Labute approximate surface area is 261 Å². The topological polar surface area (TPSA) is 121 Å². The normalized spacial score (nSPS) is 19.7. The van der Waals surface area contributed by atoms with E-state index in [0.29, 0.717) is 67.8 Å². The average Bonchev–Trinajstić information content (AvgIpc) is 3.01. The Morgan fingerprint density at radius 2 is 1.68 bits per heavy atom. The van der Waals surface area contributed by atoms with Crippen LogP contribution in [0.1, 0.15) is 35.3 Å². The number of piperazine rings is 1. The van der Waals surface area contributed by atoms with E-state index in [1.807, 2.05) is 10.6 Å². The third-order valence-electron chi connectivity index (χ3n) is 8.53. The number of carbonyl (C=O) groups excluding carboxylic acids is 2. The molecule has 1 aromatic heterocycles. The van der Waals surface area contributed by atoms with Gasteiger partial charge >= 0.3 is 6.09 Å². The minimum Gasteiger partial charge on any atom is -0.450 e. The Kier molecular flexibility index (Phi) is 8.30. The lowest BCUT2D eigenvalue weighted by Crippen LogP contribution is -2.50. The predicted octanol–water partition coefficient (Wildman–Crippen LogP) is 3.84. The maximum atomic E-state index is 13.6. The zero-order valence-corrected chi connectivity index (χ0v) is 25.9. The number of aromatic nitrogens is 1. The molecule has 13 heteroatoms. The lowest BCUT2D eigenvalue weighted by atomic mass is 9.83. The van der Waals surface area contributed by atoms with Gasteiger partial charge in [0.2, 0.25) is 0 Å². The summed E-state index contributed by atoms with van der Waals surface area (Å²) in [4.78, 5) is 43.6. The van der Waals surface area contributed by atoms with Gasteiger partial charge in [-0.05, 0) is 67.8 Å². The summed E-state index contributed by atoms with van der Waals surface area (Å²) in [7, 11) is -4.02. The predicted molar refractivity (Wildman–Crippen MR) is 167 cm³/mol. The van der Waals surface area contributed by atoms with Gasteiger partial charge < -0.3 is 24.0 Å². The molecule has 0 saturated carbocycles. The van der Waals surface area contributed by atoms with Crippen molar-refractivity contribution < 1.29 is 22.7 Å². The molecule has 232 valence electrons. The molecule has 3 aliphatic heterocycles. The number of nitrogens with one attached hydrogen (secondary N) is 1. The molecule has 0 aliphatic carbocycles. The van der Waals surface area contributed by atoms with Gasteiger partial charge in [-0.2, -0.15) is 0 Å². The van der Waals surface area contributed by atoms with Crippen molar-refractivity contribution in [1.82, 2.24) is 14.4 Å². The van der Waals surface area contributed by atoms with Crippen LogP contribution in [-0.2, 0) is 21.3 Å². The molecular weight excluding hydrogens is 606 g/mol. The second kappa shape index (κ2) is 12.2. The van der Waals surface area contributed by atoms with E-state index in [-0.39, 0.29) is 34.8 Å². The maximum absolute atomic E-state index is 13.6. The number of fused-ring (bicyclic) bond motifs is 4. The number of hydrogen-bond donors (Lipinski definition) is 1. The Morgan fingerprint density at radius 1 is 0.955 bits per heavy atom. The number of pyridine rings is 1. The lowest BCUT2D eigenvalue weighted by Gasteiger charge is -2.44. The largest absolute Gasteiger partial charge is 0.450 e. The van der Waals surface area contributed by atoms with E-state index in [1.54, 1.807) is 47.1 Å². The molecule has 1 N–H and O–H groups in total. The summed E-state index contributed by atoms with van der Waals surface area (Å²) in [6.07, 6.45) is 0.543. The summed E-state index contributed by atoms with van der Waals surface area (Å²) in [5.74, 6) is 0.0593. The van der Waals surface area contributed by atoms with Gasteiger partial charge in [0.15, 0.2) is 0 Å². The first-order valence-corrected chi connectivity index (χ1v) is 16.6. The van der Waals surface area contributed by atoms with E-state index in [9.17, 15) is 22.8 Å². The van der Waals surface area contributed by atoms with Crippen LogP contribution in [0.25, 0.3) is 0 Å². The molecule has 4 heterocycles. The summed E-state index contributed by atoms with van der Waals surface area (Å²) >= 11 is 6.00. The molecule has 2 bridgehead atoms. The molecule has 2 amide bonds. The van der Waals surface area contributed by atoms with Gasteiger partial charge in [0.1, 0.15) is 0 Å². The van der Waals surface area contributed by atoms with Crippen LogP contribution in [-0.4, -0.2) is 80.7 Å². The monoisotopic (exact) mass is 639 g/mol. The van der Waals surface area contributed by atoms with Gasteiger partial charge in [0.05, 0.1) is 22.9 Å². The van der Waals surface area contributed by atoms with E-state index in [2.05, 4.69) is 9.62 Å². The Hall–Kier alpha value is -4.03. The maximum Gasteiger partial charge on any atom is 0.409 e. The number of hydrogen-bond acceptors (Lipinski definition) is 7. The standard InChI is InChI=1S/C31H34ClN5O6S/c1-2-43-31(40)35-14-12-34(13-15-35)30(39)22-6-11-28(26(17-22)33-44(41,42)25-9-7-24(32)8-10-25)36-18-21-16-23(20-36)27-4-3-5-29(38)37(27)19-21/h3-11,17,21,23,33H,2,12-16,18-20H2,1H3. The quantitative estimate of drug-likeness (QED) is 0.435. The SMILES string of the molecule is CCOC(=O)N1CCN(C(=O)c2ccc(N3CC4CC(C3)c3cccc(=O)n3C4)c(NS(=O)(=O)c3ccc(Cl)cc3)c2)CC1. The van der Waals surface area contributed by atoms with Crippen molar-refractivity contribution in [2.45, 2.75) is 30.7 Å². The van der Waals surface area contributed by atoms with Crippen molar-refractivity contribution >= 4 is 45.0 Å². The van der Waals surface area contributed by atoms with Gasteiger partial charge in [-0.25, -0.2) is 13.2 Å². The average molecular weight is 640 g/mol. The summed E-state index contributed by atoms with van der Waals surface area (Å²) in [5.41, 5.74) is 2.26. The smallest absolute Gasteiger partial charge is 0.409 e. The number of ether oxygens (including phenoxy) is 1. The van der Waals surface area contributed by atoms with Gasteiger partial charge in [-0.3, -0.25) is 14.3 Å². The van der Waals surface area contributed by atoms with Crippen LogP contribution in [0.2, 0.25) is 5.02 Å². The van der Waals surface area contributed by atoms with Crippen LogP contribution in [0.3, 0.4) is 0 Å². The molecular formula is C31H34ClN5O6S. The lowest BCUT2D eigenvalue weighted by molar-refractivity contribution is 0.0570. The van der Waals surface area contributed by atoms with E-state index in [1.165, 1.54) is 24.3 Å². The van der Waals surface area contributed by atoms with Crippen LogP contribution in [0.4, 0.5) is 16.2 Å². The first-order chi connectivity index (χ1) is 21.1. The summed E-state index contributed by atoms with van der Waals surface area (Å²) < 4.78 is 36.7. The molecule has 0 spiro atoms. The molecule has 0 radical (unpaired) electrons. The first kappa shape index (κ1) is 30.0. The number of carbonyl (C=O) groups is 2. The van der Waals surface area contributed by atoms with Crippen LogP contribution in [0.5, 0.6) is 0 Å². The van der Waals surface area contributed by atoms with E-state index < -0.39 is 16.1 Å². The second-order valence-electron chi connectivity index (χ2n) is 11.4. The molecule has 2 atom stereocenters. The van der Waals surface area contributed by atoms with Crippen molar-refractivity contribution in [3.8, 4) is 0 Å². The molecule has 2 unspecified atom stereocenters. The van der Waals surface area contributed by atoms with Crippen molar-refractivity contribution in [2.75, 3.05) is 55.5 Å². The van der Waals surface area contributed by atoms with Crippen LogP contribution >= 0.6 is 11.6 Å². The highest BCUT2D eigenvalue weighted by Crippen LogP contribution is 2.40. The third-order valence-corrected chi connectivity index (χ3v) is 10.2. The number of piperidine rings is 1. The molecule has 6 rings (SSSR count). The Bertz CT molecular complexity index is 1740. The van der Waals surface area contributed by atoms with Gasteiger partial charge in [0.25, 0.3) is 21.5 Å². The van der Waals surface area contributed by atoms with Crippen LogP contribution in [0.15, 0.2) is 70.4 Å². The van der Waals surface area contributed by atoms with Gasteiger partial charge in [0, 0.05) is 74.1 Å². The number of benzene rings is 2. The Morgan fingerprint density at radius 3 is 2.41 bits per heavy atom. The number of amides is 2. The molecule has 11 nitrogen and oxygen atoms in total. The first-order valence-electron chi connectivity index (χ1n) is 14.7. The molecule has 3 aliphatic rings. The molecule has 44 heavy (non-hydrogen) atoms. The fourth-order valence-electron chi connectivity index (χ4n) is 6.43. The van der Waals surface area contributed by atoms with Crippen LogP contribution < -0.4 is 15.2 Å². The van der Waals surface area contributed by atoms with Gasteiger partial charge in [-0.15, -0.1) is 0 Å². The van der Waals surface area contributed by atoms with Crippen molar-refractivity contribution in [3.05, 3.63) is 87.3 Å². The number of anilines is 2. The van der Waals surface area contributed by atoms with Crippen molar-refractivity contribution in [2.24, 2.45) is 5.92 Å². The van der Waals surface area contributed by atoms with Gasteiger partial charge in [-0.1, -0.05) is 17.7 Å². The number of rotatable bonds is 6. The molecule has 3 aromatic rings. The summed E-state index contributed by atoms with van der Waals surface area (Å²) in [6.45, 7) is 5.22. The highest BCUT2D eigenvalue weighted by atomic mass is 35.5. The van der Waals surface area contributed by atoms with E-state index in [4.69, 9.17) is 16.3 Å². The van der Waals surface area contributed by atoms with E-state index >= 15 is 0 Å². The molecule has 2 saturated heterocycles. The van der Waals surface area contributed by atoms with Crippen molar-refractivity contribution in [1.29, 1.82) is 0 Å². The minimum atomic E-state index is -4.02. The number of halogens is 1. The zero-order valence-electron chi connectivity index (χ0n) is 24.3.